The first-order chi connectivity index (χ1) is 8.33. The fraction of sp³-hybridized carbons (Fsp3) is 1.00. The van der Waals surface area contributed by atoms with Crippen LogP contribution in [0.4, 0.5) is 0 Å². The molecule has 0 saturated heterocycles. The van der Waals surface area contributed by atoms with Gasteiger partial charge in [0, 0.05) is 12.1 Å². The number of nitrogens with zero attached hydrogens (tertiary/aromatic N) is 1. The van der Waals surface area contributed by atoms with E-state index in [9.17, 15) is 4.21 Å². The summed E-state index contributed by atoms with van der Waals surface area (Å²) in [5.74, 6) is 0. The van der Waals surface area contributed by atoms with Crippen LogP contribution in [0.15, 0.2) is 0 Å². The molecule has 2 aliphatic rings. The fourth-order valence-corrected chi connectivity index (χ4v) is 4.47. The summed E-state index contributed by atoms with van der Waals surface area (Å²) in [7, 11) is 0. The summed E-state index contributed by atoms with van der Waals surface area (Å²) in [5.41, 5.74) is 0. The van der Waals surface area contributed by atoms with Gasteiger partial charge >= 0.3 is 0 Å². The van der Waals surface area contributed by atoms with Gasteiger partial charge in [0.2, 0.25) is 11.3 Å². The smallest absolute Gasteiger partial charge is 0.210 e. The third-order valence-electron chi connectivity index (χ3n) is 4.11. The van der Waals surface area contributed by atoms with Crippen LogP contribution >= 0.6 is 12.9 Å². The van der Waals surface area contributed by atoms with Gasteiger partial charge in [0.05, 0.1) is 0 Å². The molecule has 1 atom stereocenters. The Morgan fingerprint density at radius 1 is 0.882 bits per heavy atom. The van der Waals surface area contributed by atoms with Crippen LogP contribution in [0.1, 0.15) is 64.2 Å². The van der Waals surface area contributed by atoms with Gasteiger partial charge in [0.25, 0.3) is 0 Å². The number of hydrogen-bond donors (Lipinski definition) is 1. The maximum atomic E-state index is 12.0. The van der Waals surface area contributed by atoms with Crippen LogP contribution in [0.3, 0.4) is 0 Å². The van der Waals surface area contributed by atoms with Crippen molar-refractivity contribution in [1.82, 2.24) is 4.31 Å². The molecule has 0 unspecified atom stereocenters. The topological polar surface area (TPSA) is 29.5 Å². The van der Waals surface area contributed by atoms with Crippen molar-refractivity contribution in [3.05, 3.63) is 0 Å². The summed E-state index contributed by atoms with van der Waals surface area (Å²) in [5, 5.41) is 0. The molecule has 2 aliphatic carbocycles. The molecule has 100 valence electrons. The van der Waals surface area contributed by atoms with E-state index in [1.54, 1.807) is 0 Å². The molecule has 5 heteroatoms. The van der Waals surface area contributed by atoms with E-state index in [2.05, 4.69) is 17.2 Å². The van der Waals surface area contributed by atoms with Crippen molar-refractivity contribution in [3.8, 4) is 0 Å². The molecule has 0 radical (unpaired) electrons. The Morgan fingerprint density at radius 2 is 1.29 bits per heavy atom. The van der Waals surface area contributed by atoms with Crippen LogP contribution < -0.4 is 0 Å². The average Bonchev–Trinajstić information content (AvgIpc) is 2.41. The van der Waals surface area contributed by atoms with Gasteiger partial charge in [-0.2, -0.15) is 4.31 Å². The van der Waals surface area contributed by atoms with Crippen LogP contribution in [-0.4, -0.2) is 20.6 Å². The number of hydrogen-bond acceptors (Lipinski definition) is 3. The molecule has 0 aromatic carbocycles. The van der Waals surface area contributed by atoms with E-state index in [1.807, 2.05) is 0 Å². The average molecular weight is 277 g/mol. The van der Waals surface area contributed by atoms with E-state index in [0.717, 1.165) is 0 Å². The molecule has 3 nitrogen and oxygen atoms in total. The lowest BCUT2D eigenvalue weighted by molar-refractivity contribution is 0.170. The Kier molecular flexibility index (Phi) is 5.80. The Bertz CT molecular complexity index is 233. The van der Waals surface area contributed by atoms with Gasteiger partial charge in [0.1, 0.15) is 0 Å². The molecule has 2 rings (SSSR count). The number of rotatable bonds is 4. The standard InChI is InChI=1S/C12H23NO2S2/c14-17(15-16)13(11-7-3-1-4-8-11)12-9-5-2-6-10-12/h11-12,16H,1-10H2/t17-/m1/s1. The lowest BCUT2D eigenvalue weighted by Gasteiger charge is -2.38. The first-order valence-electron chi connectivity index (χ1n) is 6.85. The molecule has 0 aromatic heterocycles. The van der Waals surface area contributed by atoms with Gasteiger partial charge in [-0.05, 0) is 38.6 Å². The highest BCUT2D eigenvalue weighted by molar-refractivity contribution is 7.90. The van der Waals surface area contributed by atoms with Gasteiger partial charge in [-0.1, -0.05) is 38.5 Å². The SMILES string of the molecule is O=[S@](OS)N(C1CCCCC1)C1CCCCC1. The van der Waals surface area contributed by atoms with Crippen molar-refractivity contribution in [2.24, 2.45) is 0 Å². The summed E-state index contributed by atoms with van der Waals surface area (Å²) in [4.78, 5) is 0. The maximum absolute atomic E-state index is 12.0. The predicted octanol–water partition coefficient (Wildman–Crippen LogP) is 3.39. The second-order valence-corrected chi connectivity index (χ2v) is 6.69. The summed E-state index contributed by atoms with van der Waals surface area (Å²) in [6, 6.07) is 0.889. The zero-order valence-corrected chi connectivity index (χ0v) is 12.1. The van der Waals surface area contributed by atoms with Crippen LogP contribution in [0.2, 0.25) is 0 Å². The fourth-order valence-electron chi connectivity index (χ4n) is 3.25. The summed E-state index contributed by atoms with van der Waals surface area (Å²) in [6.07, 6.45) is 12.4. The molecular weight excluding hydrogens is 254 g/mol. The summed E-state index contributed by atoms with van der Waals surface area (Å²) in [6.45, 7) is 0. The van der Waals surface area contributed by atoms with E-state index in [1.165, 1.54) is 64.2 Å². The van der Waals surface area contributed by atoms with Crippen molar-refractivity contribution in [3.63, 3.8) is 0 Å². The highest BCUT2D eigenvalue weighted by Gasteiger charge is 2.33. The summed E-state index contributed by atoms with van der Waals surface area (Å²) < 4.78 is 19.0. The molecule has 0 heterocycles. The number of thiol groups is 1. The van der Waals surface area contributed by atoms with Gasteiger partial charge in [-0.15, -0.1) is 0 Å². The van der Waals surface area contributed by atoms with Crippen molar-refractivity contribution >= 4 is 24.2 Å². The quantitative estimate of drug-likeness (QED) is 0.630. The lowest BCUT2D eigenvalue weighted by Crippen LogP contribution is -2.46. The molecule has 0 amide bonds. The third kappa shape index (κ3) is 3.69. The van der Waals surface area contributed by atoms with E-state index < -0.39 is 11.3 Å². The highest BCUT2D eigenvalue weighted by atomic mass is 32.2. The monoisotopic (exact) mass is 277 g/mol. The Morgan fingerprint density at radius 3 is 1.65 bits per heavy atom. The van der Waals surface area contributed by atoms with Gasteiger partial charge in [0.15, 0.2) is 0 Å². The van der Waals surface area contributed by atoms with E-state index in [4.69, 9.17) is 3.63 Å². The van der Waals surface area contributed by atoms with E-state index in [-0.39, 0.29) is 0 Å². The summed E-state index contributed by atoms with van der Waals surface area (Å²) >= 11 is 2.39. The van der Waals surface area contributed by atoms with E-state index >= 15 is 0 Å². The molecule has 0 N–H and O–H groups in total. The van der Waals surface area contributed by atoms with Crippen LogP contribution in [0.5, 0.6) is 0 Å². The van der Waals surface area contributed by atoms with Crippen molar-refractivity contribution in [2.75, 3.05) is 0 Å². The normalized spacial score (nSPS) is 26.2. The van der Waals surface area contributed by atoms with Crippen LogP contribution in [0.25, 0.3) is 0 Å². The minimum atomic E-state index is -1.36. The molecule has 17 heavy (non-hydrogen) atoms. The van der Waals surface area contributed by atoms with Crippen molar-refractivity contribution < 1.29 is 7.84 Å². The van der Waals surface area contributed by atoms with E-state index in [0.29, 0.717) is 12.1 Å². The predicted molar refractivity (Wildman–Crippen MR) is 73.8 cm³/mol. The first kappa shape index (κ1) is 13.8. The first-order valence-corrected chi connectivity index (χ1v) is 8.24. The molecule has 2 saturated carbocycles. The molecule has 0 bridgehead atoms. The van der Waals surface area contributed by atoms with Crippen LogP contribution in [-0.2, 0) is 14.9 Å². The minimum absolute atomic E-state index is 0.444. The zero-order chi connectivity index (χ0) is 12.1. The molecule has 0 aliphatic heterocycles. The second-order valence-electron chi connectivity index (χ2n) is 5.24. The third-order valence-corrected chi connectivity index (χ3v) is 5.56. The molecule has 0 aromatic rings. The van der Waals surface area contributed by atoms with Crippen LogP contribution in [0, 0.1) is 0 Å². The zero-order valence-electron chi connectivity index (χ0n) is 10.3. The Balaban J connectivity index is 2.02. The molecular formula is C12H23NO2S2. The Labute approximate surface area is 113 Å². The van der Waals surface area contributed by atoms with Crippen molar-refractivity contribution in [1.29, 1.82) is 0 Å². The Hall–Kier alpha value is 0.420. The lowest BCUT2D eigenvalue weighted by atomic mass is 9.91. The van der Waals surface area contributed by atoms with Gasteiger partial charge in [-0.3, -0.25) is 0 Å². The molecule has 2 fully saturated rings. The minimum Gasteiger partial charge on any atom is -0.210 e. The van der Waals surface area contributed by atoms with Gasteiger partial charge in [-0.25, -0.2) is 7.84 Å². The van der Waals surface area contributed by atoms with Crippen molar-refractivity contribution in [2.45, 2.75) is 76.3 Å². The highest BCUT2D eigenvalue weighted by Crippen LogP contribution is 2.31. The largest absolute Gasteiger partial charge is 0.249 e. The molecule has 0 spiro atoms. The second kappa shape index (κ2) is 7.12. The maximum Gasteiger partial charge on any atom is 0.249 e. The van der Waals surface area contributed by atoms with Gasteiger partial charge < -0.3 is 0 Å².